The maximum atomic E-state index is 12.2. The molecule has 0 atom stereocenters. The number of benzene rings is 2. The molecule has 9 heteroatoms. The second kappa shape index (κ2) is 8.65. The molecule has 144 valence electrons. The number of esters is 1. The summed E-state index contributed by atoms with van der Waals surface area (Å²) >= 11 is 0. The Hall–Kier alpha value is -2.91. The van der Waals surface area contributed by atoms with Gasteiger partial charge in [0.1, 0.15) is 11.3 Å². The fourth-order valence-corrected chi connectivity index (χ4v) is 2.79. The van der Waals surface area contributed by atoms with E-state index in [0.717, 1.165) is 18.1 Å². The molecule has 0 fully saturated rings. The van der Waals surface area contributed by atoms with E-state index in [1.54, 1.807) is 12.1 Å². The first kappa shape index (κ1) is 20.4. The largest absolute Gasteiger partial charge is 0.496 e. The van der Waals surface area contributed by atoms with Gasteiger partial charge in [0.15, 0.2) is 6.61 Å². The van der Waals surface area contributed by atoms with Crippen LogP contribution in [-0.2, 0) is 26.0 Å². The fraction of sp³-hybridized carbons (Fsp3) is 0.222. The third-order valence-electron chi connectivity index (χ3n) is 3.70. The van der Waals surface area contributed by atoms with Gasteiger partial charge in [0.05, 0.1) is 12.0 Å². The molecule has 2 rings (SSSR count). The van der Waals surface area contributed by atoms with E-state index in [-0.39, 0.29) is 16.2 Å². The minimum absolute atomic E-state index is 0.1000. The van der Waals surface area contributed by atoms with Crippen LogP contribution in [0.3, 0.4) is 0 Å². The predicted molar refractivity (Wildman–Crippen MR) is 99.1 cm³/mol. The van der Waals surface area contributed by atoms with Crippen LogP contribution in [0.1, 0.15) is 22.8 Å². The number of carbonyl (C=O) groups is 2. The third-order valence-corrected chi connectivity index (χ3v) is 4.61. The van der Waals surface area contributed by atoms with Gasteiger partial charge in [0.25, 0.3) is 5.91 Å². The Morgan fingerprint density at radius 3 is 2.33 bits per heavy atom. The first-order chi connectivity index (χ1) is 12.7. The van der Waals surface area contributed by atoms with Crippen LogP contribution in [0.15, 0.2) is 47.4 Å². The molecule has 0 aliphatic rings. The van der Waals surface area contributed by atoms with Crippen molar-refractivity contribution in [2.45, 2.75) is 18.2 Å². The molecule has 2 aromatic carbocycles. The highest BCUT2D eigenvalue weighted by molar-refractivity contribution is 7.89. The predicted octanol–water partition coefficient (Wildman–Crippen LogP) is 1.70. The third kappa shape index (κ3) is 5.53. The van der Waals surface area contributed by atoms with Crippen LogP contribution in [0.4, 0.5) is 5.69 Å². The summed E-state index contributed by atoms with van der Waals surface area (Å²) in [6.07, 6.45) is 0.880. The van der Waals surface area contributed by atoms with Gasteiger partial charge in [0, 0.05) is 5.69 Å². The zero-order chi connectivity index (χ0) is 20.0. The number of carbonyl (C=O) groups excluding carboxylic acids is 2. The number of primary sulfonamides is 1. The van der Waals surface area contributed by atoms with Gasteiger partial charge in [-0.3, -0.25) is 4.79 Å². The standard InChI is InChI=1S/C18H20N2O6S/c1-3-12-4-6-13(7-5-12)20-17(21)11-26-18(22)15-10-14(27(19,23)24)8-9-16(15)25-2/h4-10H,3,11H2,1-2H3,(H,20,21)(H2,19,23,24). The van der Waals surface area contributed by atoms with Crippen molar-refractivity contribution in [1.29, 1.82) is 0 Å². The van der Waals surface area contributed by atoms with Gasteiger partial charge in [0.2, 0.25) is 10.0 Å². The highest BCUT2D eigenvalue weighted by atomic mass is 32.2. The molecule has 0 aliphatic heterocycles. The zero-order valence-corrected chi connectivity index (χ0v) is 15.7. The number of sulfonamides is 1. The molecule has 27 heavy (non-hydrogen) atoms. The van der Waals surface area contributed by atoms with Crippen LogP contribution in [-0.4, -0.2) is 34.0 Å². The monoisotopic (exact) mass is 392 g/mol. The van der Waals surface area contributed by atoms with Crippen LogP contribution in [0.25, 0.3) is 0 Å². The molecule has 0 unspecified atom stereocenters. The van der Waals surface area contributed by atoms with Gasteiger partial charge in [-0.05, 0) is 42.3 Å². The lowest BCUT2D eigenvalue weighted by molar-refractivity contribution is -0.119. The number of methoxy groups -OCH3 is 1. The molecule has 0 saturated carbocycles. The summed E-state index contributed by atoms with van der Waals surface area (Å²) in [5.41, 5.74) is 1.55. The van der Waals surface area contributed by atoms with E-state index in [4.69, 9.17) is 14.6 Å². The van der Waals surface area contributed by atoms with Gasteiger partial charge < -0.3 is 14.8 Å². The summed E-state index contributed by atoms with van der Waals surface area (Å²) < 4.78 is 32.9. The quantitative estimate of drug-likeness (QED) is 0.691. The Morgan fingerprint density at radius 1 is 1.11 bits per heavy atom. The molecular weight excluding hydrogens is 372 g/mol. The van der Waals surface area contributed by atoms with Gasteiger partial charge >= 0.3 is 5.97 Å². The molecule has 0 spiro atoms. The molecule has 0 radical (unpaired) electrons. The van der Waals surface area contributed by atoms with Gasteiger partial charge in [-0.2, -0.15) is 0 Å². The maximum Gasteiger partial charge on any atom is 0.342 e. The van der Waals surface area contributed by atoms with Crippen LogP contribution in [0, 0.1) is 0 Å². The molecule has 0 bridgehead atoms. The Labute approximate surface area is 157 Å². The lowest BCUT2D eigenvalue weighted by Gasteiger charge is -2.10. The van der Waals surface area contributed by atoms with Crippen molar-refractivity contribution in [2.24, 2.45) is 5.14 Å². The highest BCUT2D eigenvalue weighted by Crippen LogP contribution is 2.22. The summed E-state index contributed by atoms with van der Waals surface area (Å²) in [4.78, 5) is 23.9. The van der Waals surface area contributed by atoms with Gasteiger partial charge in [-0.15, -0.1) is 0 Å². The van der Waals surface area contributed by atoms with Crippen molar-refractivity contribution in [3.8, 4) is 5.75 Å². The molecule has 0 aliphatic carbocycles. The van der Waals surface area contributed by atoms with Crippen molar-refractivity contribution in [3.63, 3.8) is 0 Å². The number of hydrogen-bond acceptors (Lipinski definition) is 6. The summed E-state index contributed by atoms with van der Waals surface area (Å²) in [5.74, 6) is -1.34. The fourth-order valence-electron chi connectivity index (χ4n) is 2.25. The van der Waals surface area contributed by atoms with Crippen molar-refractivity contribution in [3.05, 3.63) is 53.6 Å². The van der Waals surface area contributed by atoms with Crippen molar-refractivity contribution < 1.29 is 27.5 Å². The maximum absolute atomic E-state index is 12.2. The van der Waals surface area contributed by atoms with Gasteiger partial charge in [-0.25, -0.2) is 18.4 Å². The smallest absolute Gasteiger partial charge is 0.342 e. The lowest BCUT2D eigenvalue weighted by atomic mass is 10.1. The van der Waals surface area contributed by atoms with Crippen LogP contribution in [0.2, 0.25) is 0 Å². The number of anilines is 1. The molecular formula is C18H20N2O6S. The highest BCUT2D eigenvalue weighted by Gasteiger charge is 2.19. The molecule has 2 aromatic rings. The summed E-state index contributed by atoms with van der Waals surface area (Å²) in [7, 11) is -2.69. The minimum Gasteiger partial charge on any atom is -0.496 e. The average molecular weight is 392 g/mol. The van der Waals surface area contributed by atoms with E-state index >= 15 is 0 Å². The van der Waals surface area contributed by atoms with E-state index in [9.17, 15) is 18.0 Å². The first-order valence-corrected chi connectivity index (χ1v) is 9.56. The summed E-state index contributed by atoms with van der Waals surface area (Å²) in [6.45, 7) is 1.48. The first-order valence-electron chi connectivity index (χ1n) is 8.01. The topological polar surface area (TPSA) is 125 Å². The Balaban J connectivity index is 2.04. The number of amides is 1. The summed E-state index contributed by atoms with van der Waals surface area (Å²) in [5, 5.41) is 7.66. The molecule has 1 amide bonds. The number of ether oxygens (including phenoxy) is 2. The molecule has 0 heterocycles. The number of aryl methyl sites for hydroxylation is 1. The molecule has 8 nitrogen and oxygen atoms in total. The second-order valence-electron chi connectivity index (χ2n) is 5.58. The van der Waals surface area contributed by atoms with Crippen molar-refractivity contribution in [2.75, 3.05) is 19.0 Å². The SMILES string of the molecule is CCc1ccc(NC(=O)COC(=O)c2cc(S(N)(=O)=O)ccc2OC)cc1. The van der Waals surface area contributed by atoms with Gasteiger partial charge in [-0.1, -0.05) is 19.1 Å². The Kier molecular flexibility index (Phi) is 6.54. The summed E-state index contributed by atoms with van der Waals surface area (Å²) in [6, 6.07) is 10.8. The number of nitrogens with one attached hydrogen (secondary N) is 1. The minimum atomic E-state index is -4.00. The zero-order valence-electron chi connectivity index (χ0n) is 14.9. The lowest BCUT2D eigenvalue weighted by Crippen LogP contribution is -2.21. The second-order valence-corrected chi connectivity index (χ2v) is 7.14. The van der Waals surface area contributed by atoms with Crippen LogP contribution >= 0.6 is 0 Å². The normalized spacial score (nSPS) is 10.9. The van der Waals surface area contributed by atoms with E-state index in [1.807, 2.05) is 19.1 Å². The molecule has 0 aromatic heterocycles. The molecule has 3 N–H and O–H groups in total. The van der Waals surface area contributed by atoms with E-state index in [0.29, 0.717) is 5.69 Å². The van der Waals surface area contributed by atoms with Crippen molar-refractivity contribution in [1.82, 2.24) is 0 Å². The number of nitrogens with two attached hydrogens (primary N) is 1. The Morgan fingerprint density at radius 2 is 1.78 bits per heavy atom. The van der Waals surface area contributed by atoms with E-state index in [1.165, 1.54) is 19.2 Å². The van der Waals surface area contributed by atoms with Crippen LogP contribution in [0.5, 0.6) is 5.75 Å². The van der Waals surface area contributed by atoms with E-state index in [2.05, 4.69) is 5.32 Å². The van der Waals surface area contributed by atoms with Crippen LogP contribution < -0.4 is 15.2 Å². The van der Waals surface area contributed by atoms with E-state index < -0.39 is 28.5 Å². The Bertz CT molecular complexity index is 939. The number of hydrogen-bond donors (Lipinski definition) is 2. The average Bonchev–Trinajstić information content (AvgIpc) is 2.65. The molecule has 0 saturated heterocycles. The number of rotatable bonds is 7. The van der Waals surface area contributed by atoms with Crippen molar-refractivity contribution >= 4 is 27.6 Å².